The zero-order valence-corrected chi connectivity index (χ0v) is 15.9. The maximum absolute atomic E-state index is 12.7. The molecule has 5 nitrogen and oxygen atoms in total. The third kappa shape index (κ3) is 3.52. The predicted octanol–water partition coefficient (Wildman–Crippen LogP) is 4.41. The molecular weight excluding hydrogens is 390 g/mol. The molecule has 1 N–H and O–H groups in total. The van der Waals surface area contributed by atoms with E-state index >= 15 is 0 Å². The van der Waals surface area contributed by atoms with Crippen LogP contribution in [0.2, 0.25) is 0 Å². The minimum Gasteiger partial charge on any atom is -0.321 e. The Morgan fingerprint density at radius 1 is 1.42 bits per heavy atom. The zero-order valence-electron chi connectivity index (χ0n) is 13.5. The summed E-state index contributed by atoms with van der Waals surface area (Å²) in [6, 6.07) is 7.45. The second-order valence-electron chi connectivity index (χ2n) is 5.98. The van der Waals surface area contributed by atoms with E-state index in [1.165, 1.54) is 11.3 Å². The smallest absolute Gasteiger partial charge is 0.267 e. The Morgan fingerprint density at radius 3 is 2.83 bits per heavy atom. The molecule has 126 valence electrons. The fourth-order valence-electron chi connectivity index (χ4n) is 2.59. The molecule has 1 saturated heterocycles. The van der Waals surface area contributed by atoms with E-state index in [4.69, 9.17) is 0 Å². The second-order valence-corrected chi connectivity index (χ2v) is 7.87. The summed E-state index contributed by atoms with van der Waals surface area (Å²) in [5.41, 5.74) is 1.46. The molecule has 1 fully saturated rings. The van der Waals surface area contributed by atoms with Gasteiger partial charge in [0, 0.05) is 23.1 Å². The molecule has 1 aromatic carbocycles. The molecule has 0 bridgehead atoms. The number of nitrogens with zero attached hydrogens (tertiary/aromatic N) is 2. The Balaban J connectivity index is 1.89. The van der Waals surface area contributed by atoms with Crippen LogP contribution in [0, 0.1) is 0 Å². The van der Waals surface area contributed by atoms with Crippen LogP contribution >= 0.6 is 27.3 Å². The Labute approximate surface area is 153 Å². The number of nitrogens with one attached hydrogen (secondary N) is 1. The molecule has 1 aliphatic rings. The normalized spacial score (nSPS) is 14.5. The first-order chi connectivity index (χ1) is 11.5. The molecule has 24 heavy (non-hydrogen) atoms. The predicted molar refractivity (Wildman–Crippen MR) is 99.9 cm³/mol. The maximum Gasteiger partial charge on any atom is 0.267 e. The van der Waals surface area contributed by atoms with Gasteiger partial charge in [0.1, 0.15) is 4.88 Å². The quantitative estimate of drug-likeness (QED) is 0.816. The summed E-state index contributed by atoms with van der Waals surface area (Å²) in [5.74, 6) is 0.00108. The lowest BCUT2D eigenvalue weighted by Gasteiger charge is -2.10. The molecule has 1 aliphatic heterocycles. The van der Waals surface area contributed by atoms with Crippen LogP contribution in [0.4, 0.5) is 10.8 Å². The molecule has 3 rings (SSSR count). The van der Waals surface area contributed by atoms with Gasteiger partial charge in [-0.2, -0.15) is 0 Å². The van der Waals surface area contributed by atoms with Crippen molar-refractivity contribution in [3.8, 4) is 0 Å². The van der Waals surface area contributed by atoms with E-state index < -0.39 is 0 Å². The van der Waals surface area contributed by atoms with E-state index in [-0.39, 0.29) is 17.7 Å². The zero-order chi connectivity index (χ0) is 17.3. The summed E-state index contributed by atoms with van der Waals surface area (Å²) >= 11 is 4.69. The van der Waals surface area contributed by atoms with Crippen molar-refractivity contribution >= 4 is 49.9 Å². The van der Waals surface area contributed by atoms with E-state index in [9.17, 15) is 9.59 Å². The van der Waals surface area contributed by atoms with E-state index in [2.05, 4.69) is 26.2 Å². The first-order valence-corrected chi connectivity index (χ1v) is 9.44. The number of hydrogen-bond acceptors (Lipinski definition) is 4. The monoisotopic (exact) mass is 407 g/mol. The van der Waals surface area contributed by atoms with Gasteiger partial charge in [-0.15, -0.1) is 0 Å². The fourth-order valence-corrected chi connectivity index (χ4v) is 4.15. The van der Waals surface area contributed by atoms with Crippen molar-refractivity contribution in [3.63, 3.8) is 0 Å². The molecule has 0 unspecified atom stereocenters. The van der Waals surface area contributed by atoms with Crippen LogP contribution in [0.15, 0.2) is 28.7 Å². The maximum atomic E-state index is 12.7. The van der Waals surface area contributed by atoms with Crippen LogP contribution in [0.3, 0.4) is 0 Å². The van der Waals surface area contributed by atoms with Gasteiger partial charge < -0.3 is 5.32 Å². The molecule has 0 aliphatic carbocycles. The lowest BCUT2D eigenvalue weighted by atomic mass is 10.1. The van der Waals surface area contributed by atoms with Gasteiger partial charge in [0.15, 0.2) is 5.13 Å². The summed E-state index contributed by atoms with van der Waals surface area (Å²) in [6.07, 6.45) is 1.39. The molecule has 0 atom stereocenters. The van der Waals surface area contributed by atoms with E-state index in [0.717, 1.165) is 22.3 Å². The molecule has 7 heteroatoms. The highest BCUT2D eigenvalue weighted by atomic mass is 79.9. The lowest BCUT2D eigenvalue weighted by Crippen LogP contribution is -2.23. The molecule has 0 saturated carbocycles. The SMILES string of the molecule is CC(C)c1nc(N2CCCC2=O)sc1C(=O)Nc1cccc(Br)c1. The Morgan fingerprint density at radius 2 is 2.21 bits per heavy atom. The molecule has 2 aromatic rings. The Bertz CT molecular complexity index is 788. The van der Waals surface area contributed by atoms with Crippen LogP contribution in [0.1, 0.15) is 48.0 Å². The summed E-state index contributed by atoms with van der Waals surface area (Å²) in [6.45, 7) is 4.68. The highest BCUT2D eigenvalue weighted by molar-refractivity contribution is 9.10. The molecular formula is C17H18BrN3O2S. The van der Waals surface area contributed by atoms with E-state index in [1.807, 2.05) is 38.1 Å². The first kappa shape index (κ1) is 17.1. The molecule has 0 radical (unpaired) electrons. The van der Waals surface area contributed by atoms with Crippen LogP contribution < -0.4 is 10.2 Å². The number of carbonyl (C=O) groups is 2. The lowest BCUT2D eigenvalue weighted by molar-refractivity contribution is -0.117. The van der Waals surface area contributed by atoms with Gasteiger partial charge in [0.05, 0.1) is 5.69 Å². The van der Waals surface area contributed by atoms with Gasteiger partial charge >= 0.3 is 0 Å². The van der Waals surface area contributed by atoms with Gasteiger partial charge in [-0.25, -0.2) is 4.98 Å². The number of thiazole rings is 1. The van der Waals surface area contributed by atoms with Crippen molar-refractivity contribution in [2.75, 3.05) is 16.8 Å². The number of halogens is 1. The van der Waals surface area contributed by atoms with Crippen molar-refractivity contribution in [2.24, 2.45) is 0 Å². The van der Waals surface area contributed by atoms with Crippen LogP contribution in [0.25, 0.3) is 0 Å². The molecule has 0 spiro atoms. The van der Waals surface area contributed by atoms with E-state index in [1.54, 1.807) is 4.90 Å². The van der Waals surface area contributed by atoms with Crippen LogP contribution in [0.5, 0.6) is 0 Å². The number of amides is 2. The Hall–Kier alpha value is -1.73. The summed E-state index contributed by atoms with van der Waals surface area (Å²) in [7, 11) is 0. The number of aromatic nitrogens is 1. The number of anilines is 2. The fraction of sp³-hybridized carbons (Fsp3) is 0.353. The van der Waals surface area contributed by atoms with Crippen molar-refractivity contribution in [1.82, 2.24) is 4.98 Å². The molecule has 2 amide bonds. The van der Waals surface area contributed by atoms with Gasteiger partial charge in [-0.1, -0.05) is 47.2 Å². The first-order valence-electron chi connectivity index (χ1n) is 7.83. The van der Waals surface area contributed by atoms with Gasteiger partial charge in [0.25, 0.3) is 5.91 Å². The standard InChI is InChI=1S/C17H18BrN3O2S/c1-10(2)14-15(16(23)19-12-6-3-5-11(18)9-12)24-17(20-14)21-8-4-7-13(21)22/h3,5-6,9-10H,4,7-8H2,1-2H3,(H,19,23). The topological polar surface area (TPSA) is 62.3 Å². The second kappa shape index (κ2) is 7.03. The summed E-state index contributed by atoms with van der Waals surface area (Å²) in [5, 5.41) is 3.53. The average Bonchev–Trinajstić information content (AvgIpc) is 3.13. The van der Waals surface area contributed by atoms with Crippen LogP contribution in [-0.4, -0.2) is 23.3 Å². The van der Waals surface area contributed by atoms with Gasteiger partial charge in [-0.3, -0.25) is 14.5 Å². The number of carbonyl (C=O) groups excluding carboxylic acids is 2. The van der Waals surface area contributed by atoms with Gasteiger partial charge in [-0.05, 0) is 30.5 Å². The largest absolute Gasteiger partial charge is 0.321 e. The molecule has 1 aromatic heterocycles. The van der Waals surface area contributed by atoms with Crippen LogP contribution in [-0.2, 0) is 4.79 Å². The summed E-state index contributed by atoms with van der Waals surface area (Å²) < 4.78 is 0.900. The van der Waals surface area contributed by atoms with Crippen molar-refractivity contribution in [2.45, 2.75) is 32.6 Å². The van der Waals surface area contributed by atoms with Gasteiger partial charge in [0.2, 0.25) is 5.91 Å². The van der Waals surface area contributed by atoms with Crippen molar-refractivity contribution in [1.29, 1.82) is 0 Å². The number of hydrogen-bond donors (Lipinski definition) is 1. The highest BCUT2D eigenvalue weighted by Crippen LogP contribution is 2.33. The van der Waals surface area contributed by atoms with Crippen molar-refractivity contribution in [3.05, 3.63) is 39.3 Å². The minimum atomic E-state index is -0.188. The average molecular weight is 408 g/mol. The number of benzene rings is 1. The minimum absolute atomic E-state index is 0.0815. The Kier molecular flexibility index (Phi) is 5.01. The third-order valence-electron chi connectivity index (χ3n) is 3.78. The number of rotatable bonds is 4. The third-order valence-corrected chi connectivity index (χ3v) is 5.37. The highest BCUT2D eigenvalue weighted by Gasteiger charge is 2.28. The molecule has 2 heterocycles. The van der Waals surface area contributed by atoms with Crippen molar-refractivity contribution < 1.29 is 9.59 Å². The van der Waals surface area contributed by atoms with E-state index in [0.29, 0.717) is 23.0 Å². The summed E-state index contributed by atoms with van der Waals surface area (Å²) in [4.78, 5) is 31.5.